The third kappa shape index (κ3) is 9.22. The lowest BCUT2D eigenvalue weighted by molar-refractivity contribution is -0.139. The molecule has 0 saturated carbocycles. The predicted molar refractivity (Wildman–Crippen MR) is 64.3 cm³/mol. The van der Waals surface area contributed by atoms with Crippen LogP contribution in [0.3, 0.4) is 0 Å². The number of ether oxygens (including phenoxy) is 2. The van der Waals surface area contributed by atoms with Crippen LogP contribution in [0.15, 0.2) is 0 Å². The first kappa shape index (κ1) is 16.5. The third-order valence-corrected chi connectivity index (χ3v) is 2.60. The fourth-order valence-electron chi connectivity index (χ4n) is 0.840. The van der Waals surface area contributed by atoms with E-state index in [1.54, 1.807) is 0 Å². The van der Waals surface area contributed by atoms with Crippen molar-refractivity contribution in [3.63, 3.8) is 0 Å². The first-order valence-electron chi connectivity index (χ1n) is 4.81. The van der Waals surface area contributed by atoms with Crippen molar-refractivity contribution in [1.82, 2.24) is 5.32 Å². The van der Waals surface area contributed by atoms with Gasteiger partial charge in [0.1, 0.15) is 10.5 Å². The second kappa shape index (κ2) is 9.51. The van der Waals surface area contributed by atoms with E-state index in [0.717, 1.165) is 0 Å². The highest BCUT2D eigenvalue weighted by atomic mass is 127. The topological polar surface area (TPSA) is 64.6 Å². The Balaban J connectivity index is 3.56. The van der Waals surface area contributed by atoms with Gasteiger partial charge in [-0.2, -0.15) is 0 Å². The van der Waals surface area contributed by atoms with Gasteiger partial charge in [-0.25, -0.2) is 8.78 Å². The Bertz CT molecular complexity index is 253. The third-order valence-electron chi connectivity index (χ3n) is 1.65. The highest BCUT2D eigenvalue weighted by Crippen LogP contribution is 2.01. The summed E-state index contributed by atoms with van der Waals surface area (Å²) in [5.41, 5.74) is 0. The lowest BCUT2D eigenvalue weighted by Crippen LogP contribution is -2.34. The fourth-order valence-corrected chi connectivity index (χ4v) is 1.31. The Morgan fingerprint density at radius 3 is 2.59 bits per heavy atom. The lowest BCUT2D eigenvalue weighted by atomic mass is 10.4. The average Bonchev–Trinajstić information content (AvgIpc) is 2.30. The molecule has 0 saturated heterocycles. The molecule has 0 bridgehead atoms. The van der Waals surface area contributed by atoms with Crippen LogP contribution >= 0.6 is 22.6 Å². The van der Waals surface area contributed by atoms with Crippen LogP contribution in [0.5, 0.6) is 0 Å². The molecule has 0 aliphatic rings. The van der Waals surface area contributed by atoms with Gasteiger partial charge in [-0.1, -0.05) is 22.6 Å². The van der Waals surface area contributed by atoms with Crippen LogP contribution in [0.4, 0.5) is 8.78 Å². The smallest absolute Gasteiger partial charge is 0.320 e. The molecule has 100 valence electrons. The van der Waals surface area contributed by atoms with Gasteiger partial charge in [-0.3, -0.25) is 9.59 Å². The lowest BCUT2D eigenvalue weighted by Gasteiger charge is -2.09. The minimum atomic E-state index is -2.53. The van der Waals surface area contributed by atoms with Crippen LogP contribution in [0.25, 0.3) is 0 Å². The molecule has 1 unspecified atom stereocenters. The number of esters is 1. The van der Waals surface area contributed by atoms with Crippen LogP contribution in [-0.2, 0) is 19.1 Å². The molecule has 0 aromatic carbocycles. The summed E-state index contributed by atoms with van der Waals surface area (Å²) in [6.45, 7) is -0.606. The van der Waals surface area contributed by atoms with E-state index in [9.17, 15) is 18.4 Å². The van der Waals surface area contributed by atoms with E-state index in [-0.39, 0.29) is 25.5 Å². The normalized spacial score (nSPS) is 12.3. The first-order valence-corrected chi connectivity index (χ1v) is 6.06. The van der Waals surface area contributed by atoms with Gasteiger partial charge in [0.2, 0.25) is 5.91 Å². The fraction of sp³-hybridized carbons (Fsp3) is 0.778. The molecule has 0 radical (unpaired) electrons. The van der Waals surface area contributed by atoms with Crippen molar-refractivity contribution in [3.8, 4) is 0 Å². The molecule has 0 aromatic heterocycles. The molecule has 1 amide bonds. The highest BCUT2D eigenvalue weighted by molar-refractivity contribution is 14.1. The van der Waals surface area contributed by atoms with Crippen molar-refractivity contribution >= 4 is 34.5 Å². The van der Waals surface area contributed by atoms with Gasteiger partial charge in [-0.05, 0) is 0 Å². The average molecular weight is 365 g/mol. The molecule has 17 heavy (non-hydrogen) atoms. The number of amides is 1. The summed E-state index contributed by atoms with van der Waals surface area (Å²) in [5, 5.41) is 2.47. The van der Waals surface area contributed by atoms with Crippen molar-refractivity contribution in [1.29, 1.82) is 0 Å². The van der Waals surface area contributed by atoms with Crippen LogP contribution < -0.4 is 5.32 Å². The summed E-state index contributed by atoms with van der Waals surface area (Å²) >= 11 is 1.83. The quantitative estimate of drug-likeness (QED) is 0.299. The maximum absolute atomic E-state index is 11.7. The van der Waals surface area contributed by atoms with Crippen molar-refractivity contribution in [3.05, 3.63) is 0 Å². The summed E-state index contributed by atoms with van der Waals surface area (Å²) in [6, 6.07) is 0. The number of carbonyl (C=O) groups excluding carboxylic acids is 2. The van der Waals surface area contributed by atoms with E-state index in [4.69, 9.17) is 0 Å². The van der Waals surface area contributed by atoms with Gasteiger partial charge < -0.3 is 14.8 Å². The van der Waals surface area contributed by atoms with Crippen LogP contribution in [0.2, 0.25) is 0 Å². The summed E-state index contributed by atoms with van der Waals surface area (Å²) in [7, 11) is 1.26. The standard InChI is InChI=1S/C9H14F2INO4/c1-16-9(15)6(12)4-13-8(14)2-3-17-5-7(10)11/h6-7H,2-5H2,1H3,(H,13,14). The van der Waals surface area contributed by atoms with E-state index >= 15 is 0 Å². The summed E-state index contributed by atoms with van der Waals surface area (Å²) in [4.78, 5) is 22.1. The largest absolute Gasteiger partial charge is 0.468 e. The Kier molecular flexibility index (Phi) is 9.23. The number of hydrogen-bond acceptors (Lipinski definition) is 4. The van der Waals surface area contributed by atoms with E-state index in [2.05, 4.69) is 14.8 Å². The van der Waals surface area contributed by atoms with E-state index < -0.39 is 22.9 Å². The number of rotatable bonds is 8. The SMILES string of the molecule is COC(=O)C(I)CNC(=O)CCOCC(F)F. The van der Waals surface area contributed by atoms with Gasteiger partial charge in [0.25, 0.3) is 6.43 Å². The van der Waals surface area contributed by atoms with Gasteiger partial charge in [0.05, 0.1) is 13.7 Å². The van der Waals surface area contributed by atoms with Crippen molar-refractivity contribution < 1.29 is 27.8 Å². The zero-order valence-corrected chi connectivity index (χ0v) is 11.4. The zero-order chi connectivity index (χ0) is 13.3. The zero-order valence-electron chi connectivity index (χ0n) is 9.25. The number of alkyl halides is 3. The number of hydrogen-bond donors (Lipinski definition) is 1. The number of nitrogens with one attached hydrogen (secondary N) is 1. The van der Waals surface area contributed by atoms with Gasteiger partial charge in [0, 0.05) is 13.0 Å². The molecule has 0 spiro atoms. The van der Waals surface area contributed by atoms with Crippen LogP contribution in [0.1, 0.15) is 6.42 Å². The highest BCUT2D eigenvalue weighted by Gasteiger charge is 2.15. The van der Waals surface area contributed by atoms with E-state index in [0.29, 0.717) is 0 Å². The number of halogens is 3. The summed E-state index contributed by atoms with van der Waals surface area (Å²) < 4.78 is 31.9. The van der Waals surface area contributed by atoms with Crippen molar-refractivity contribution in [2.75, 3.05) is 26.9 Å². The maximum atomic E-state index is 11.7. The molecule has 0 aromatic rings. The molecule has 0 aliphatic heterocycles. The Hall–Kier alpha value is -0.510. The second-order valence-electron chi connectivity index (χ2n) is 3.01. The minimum Gasteiger partial charge on any atom is -0.468 e. The number of carbonyl (C=O) groups is 2. The molecule has 8 heteroatoms. The predicted octanol–water partition coefficient (Wildman–Crippen LogP) is 0.751. The van der Waals surface area contributed by atoms with E-state index in [1.165, 1.54) is 7.11 Å². The van der Waals surface area contributed by atoms with Gasteiger partial charge in [0.15, 0.2) is 0 Å². The number of methoxy groups -OCH3 is 1. The van der Waals surface area contributed by atoms with Gasteiger partial charge in [-0.15, -0.1) is 0 Å². The monoisotopic (exact) mass is 365 g/mol. The maximum Gasteiger partial charge on any atom is 0.320 e. The molecule has 0 rings (SSSR count). The molecule has 1 atom stereocenters. The molecule has 5 nitrogen and oxygen atoms in total. The molecular formula is C9H14F2INO4. The Morgan fingerprint density at radius 1 is 1.41 bits per heavy atom. The molecular weight excluding hydrogens is 351 g/mol. The Labute approximate surface area is 111 Å². The van der Waals surface area contributed by atoms with E-state index in [1.807, 2.05) is 22.6 Å². The van der Waals surface area contributed by atoms with Crippen molar-refractivity contribution in [2.24, 2.45) is 0 Å². The summed E-state index contributed by atoms with van der Waals surface area (Å²) in [5.74, 6) is -0.787. The summed E-state index contributed by atoms with van der Waals surface area (Å²) in [6.07, 6.45) is -2.55. The minimum absolute atomic E-state index is 0.0166. The van der Waals surface area contributed by atoms with Crippen LogP contribution in [0, 0.1) is 0 Å². The molecule has 0 aliphatic carbocycles. The van der Waals surface area contributed by atoms with Gasteiger partial charge >= 0.3 is 5.97 Å². The first-order chi connectivity index (χ1) is 7.97. The Morgan fingerprint density at radius 2 is 2.06 bits per heavy atom. The van der Waals surface area contributed by atoms with Crippen molar-refractivity contribution in [2.45, 2.75) is 16.8 Å². The molecule has 0 fully saturated rings. The molecule has 1 N–H and O–H groups in total. The molecule has 0 heterocycles. The second-order valence-corrected chi connectivity index (χ2v) is 4.51. The van der Waals surface area contributed by atoms with Crippen LogP contribution in [-0.4, -0.2) is 49.1 Å².